The first-order valence-electron chi connectivity index (χ1n) is 8.44. The molecule has 0 bridgehead atoms. The molecule has 1 atom stereocenters. The van der Waals surface area contributed by atoms with Gasteiger partial charge in [-0.05, 0) is 44.0 Å². The Kier molecular flexibility index (Phi) is 3.87. The lowest BCUT2D eigenvalue weighted by molar-refractivity contribution is 0.0735. The summed E-state index contributed by atoms with van der Waals surface area (Å²) in [5.41, 5.74) is 3.42. The first-order chi connectivity index (χ1) is 12.1. The van der Waals surface area contributed by atoms with E-state index >= 15 is 0 Å². The molecule has 1 aliphatic heterocycles. The largest absolute Gasteiger partial charge is 0.463 e. The molecule has 6 nitrogen and oxygen atoms in total. The van der Waals surface area contributed by atoms with Crippen LogP contribution in [0.2, 0.25) is 0 Å². The smallest absolute Gasteiger partial charge is 0.254 e. The van der Waals surface area contributed by atoms with E-state index in [-0.39, 0.29) is 11.9 Å². The predicted molar refractivity (Wildman–Crippen MR) is 92.9 cm³/mol. The number of furan rings is 1. The number of likely N-dealkylation sites (tertiary alicyclic amines) is 1. The molecule has 128 valence electrons. The molecule has 4 rings (SSSR count). The summed E-state index contributed by atoms with van der Waals surface area (Å²) in [5.74, 6) is 0.691. The van der Waals surface area contributed by atoms with Crippen LogP contribution in [0.25, 0.3) is 11.5 Å². The molecule has 25 heavy (non-hydrogen) atoms. The van der Waals surface area contributed by atoms with Gasteiger partial charge in [0.05, 0.1) is 18.0 Å². The van der Waals surface area contributed by atoms with Crippen LogP contribution in [-0.4, -0.2) is 32.1 Å². The number of carbonyl (C=O) groups is 1. The van der Waals surface area contributed by atoms with Crippen LogP contribution in [-0.2, 0) is 7.05 Å². The summed E-state index contributed by atoms with van der Waals surface area (Å²) in [6, 6.07) is 7.30. The average Bonchev–Trinajstić information content (AvgIpc) is 3.35. The third-order valence-electron chi connectivity index (χ3n) is 4.70. The number of hydrogen-bond acceptors (Lipinski definition) is 4. The number of carbonyl (C=O) groups excluding carboxylic acids is 1. The average molecular weight is 336 g/mol. The van der Waals surface area contributed by atoms with Crippen molar-refractivity contribution in [3.8, 4) is 11.5 Å². The maximum Gasteiger partial charge on any atom is 0.254 e. The van der Waals surface area contributed by atoms with Crippen LogP contribution in [0.5, 0.6) is 0 Å². The van der Waals surface area contributed by atoms with Crippen LogP contribution < -0.4 is 0 Å². The van der Waals surface area contributed by atoms with Crippen molar-refractivity contribution in [1.82, 2.24) is 19.7 Å². The molecule has 3 aromatic heterocycles. The molecule has 4 heterocycles. The molecule has 0 spiro atoms. The molecule has 6 heteroatoms. The molecule has 1 amide bonds. The zero-order valence-corrected chi connectivity index (χ0v) is 14.3. The van der Waals surface area contributed by atoms with Gasteiger partial charge in [-0.1, -0.05) is 0 Å². The van der Waals surface area contributed by atoms with E-state index in [4.69, 9.17) is 4.42 Å². The Morgan fingerprint density at radius 2 is 2.24 bits per heavy atom. The second-order valence-corrected chi connectivity index (χ2v) is 6.41. The first-order valence-corrected chi connectivity index (χ1v) is 8.44. The molecule has 0 radical (unpaired) electrons. The highest BCUT2D eigenvalue weighted by molar-refractivity contribution is 5.95. The fourth-order valence-electron chi connectivity index (χ4n) is 3.57. The molecular formula is C19H20N4O2. The van der Waals surface area contributed by atoms with Crippen molar-refractivity contribution in [2.24, 2.45) is 7.05 Å². The van der Waals surface area contributed by atoms with Crippen LogP contribution in [0.3, 0.4) is 0 Å². The molecule has 0 aliphatic carbocycles. The van der Waals surface area contributed by atoms with Gasteiger partial charge in [-0.25, -0.2) is 0 Å². The standard InChI is InChI=1S/C19H20N4O2/c1-13-15(12-22(2)21-13)17-5-3-9-23(17)19(24)14-7-8-20-16(11-14)18-6-4-10-25-18/h4,6-8,10-12,17H,3,5,9H2,1-2H3. The van der Waals surface area contributed by atoms with Gasteiger partial charge in [0.1, 0.15) is 5.69 Å². The number of nitrogens with zero attached hydrogens (tertiary/aromatic N) is 4. The lowest BCUT2D eigenvalue weighted by atomic mass is 10.0. The number of amides is 1. The normalized spacial score (nSPS) is 17.2. The first kappa shape index (κ1) is 15.6. The van der Waals surface area contributed by atoms with E-state index in [1.807, 2.05) is 41.9 Å². The highest BCUT2D eigenvalue weighted by Crippen LogP contribution is 2.34. The van der Waals surface area contributed by atoms with E-state index in [1.54, 1.807) is 24.6 Å². The fourth-order valence-corrected chi connectivity index (χ4v) is 3.57. The predicted octanol–water partition coefficient (Wildman–Crippen LogP) is 3.36. The molecule has 0 saturated carbocycles. The minimum atomic E-state index is 0.0287. The number of pyridine rings is 1. The van der Waals surface area contributed by atoms with Crippen molar-refractivity contribution in [1.29, 1.82) is 0 Å². The Balaban J connectivity index is 1.64. The van der Waals surface area contributed by atoms with Gasteiger partial charge in [-0.15, -0.1) is 0 Å². The molecule has 1 unspecified atom stereocenters. The van der Waals surface area contributed by atoms with Gasteiger partial charge in [0.15, 0.2) is 5.76 Å². The highest BCUT2D eigenvalue weighted by Gasteiger charge is 2.32. The summed E-state index contributed by atoms with van der Waals surface area (Å²) in [6.07, 6.45) is 7.25. The summed E-state index contributed by atoms with van der Waals surface area (Å²) in [4.78, 5) is 19.4. The number of aryl methyl sites for hydroxylation is 2. The minimum Gasteiger partial charge on any atom is -0.463 e. The SMILES string of the molecule is Cc1nn(C)cc1C1CCCN1C(=O)c1ccnc(-c2ccco2)c1. The Labute approximate surface area is 146 Å². The van der Waals surface area contributed by atoms with Gasteiger partial charge in [-0.2, -0.15) is 5.10 Å². The lowest BCUT2D eigenvalue weighted by Gasteiger charge is -2.24. The highest BCUT2D eigenvalue weighted by atomic mass is 16.3. The van der Waals surface area contributed by atoms with E-state index in [1.165, 1.54) is 0 Å². The van der Waals surface area contributed by atoms with Crippen LogP contribution in [0.4, 0.5) is 0 Å². The molecule has 1 fully saturated rings. The third-order valence-corrected chi connectivity index (χ3v) is 4.70. The summed E-state index contributed by atoms with van der Waals surface area (Å²) >= 11 is 0. The van der Waals surface area contributed by atoms with Crippen molar-refractivity contribution >= 4 is 5.91 Å². The topological polar surface area (TPSA) is 64.2 Å². The van der Waals surface area contributed by atoms with E-state index < -0.39 is 0 Å². The van der Waals surface area contributed by atoms with Crippen molar-refractivity contribution in [2.45, 2.75) is 25.8 Å². The van der Waals surface area contributed by atoms with Crippen molar-refractivity contribution in [2.75, 3.05) is 6.54 Å². The van der Waals surface area contributed by atoms with E-state index in [2.05, 4.69) is 10.1 Å². The fraction of sp³-hybridized carbons (Fsp3) is 0.316. The van der Waals surface area contributed by atoms with Gasteiger partial charge in [-0.3, -0.25) is 14.5 Å². The van der Waals surface area contributed by atoms with Gasteiger partial charge in [0, 0.05) is 37.1 Å². The van der Waals surface area contributed by atoms with Gasteiger partial charge >= 0.3 is 0 Å². The zero-order valence-electron chi connectivity index (χ0n) is 14.3. The molecule has 1 saturated heterocycles. The van der Waals surface area contributed by atoms with Crippen LogP contribution in [0, 0.1) is 6.92 Å². The maximum atomic E-state index is 13.1. The molecule has 3 aromatic rings. The van der Waals surface area contributed by atoms with Crippen LogP contribution in [0.15, 0.2) is 47.3 Å². The summed E-state index contributed by atoms with van der Waals surface area (Å²) in [7, 11) is 1.91. The maximum absolute atomic E-state index is 13.1. The Bertz CT molecular complexity index is 898. The summed E-state index contributed by atoms with van der Waals surface area (Å²) < 4.78 is 7.20. The quantitative estimate of drug-likeness (QED) is 0.736. The molecule has 1 aliphatic rings. The Morgan fingerprint density at radius 3 is 2.96 bits per heavy atom. The van der Waals surface area contributed by atoms with Crippen LogP contribution >= 0.6 is 0 Å². The van der Waals surface area contributed by atoms with E-state index in [9.17, 15) is 4.79 Å². The van der Waals surface area contributed by atoms with Crippen molar-refractivity contribution < 1.29 is 9.21 Å². The van der Waals surface area contributed by atoms with E-state index in [0.29, 0.717) is 17.0 Å². The third kappa shape index (κ3) is 2.84. The second-order valence-electron chi connectivity index (χ2n) is 6.41. The number of hydrogen-bond donors (Lipinski definition) is 0. The second kappa shape index (κ2) is 6.20. The van der Waals surface area contributed by atoms with Gasteiger partial charge in [0.25, 0.3) is 5.91 Å². The summed E-state index contributed by atoms with van der Waals surface area (Å²) in [6.45, 7) is 2.76. The monoisotopic (exact) mass is 336 g/mol. The van der Waals surface area contributed by atoms with Gasteiger partial charge in [0.2, 0.25) is 0 Å². The zero-order chi connectivity index (χ0) is 17.4. The van der Waals surface area contributed by atoms with E-state index in [0.717, 1.165) is 30.6 Å². The van der Waals surface area contributed by atoms with Crippen molar-refractivity contribution in [3.63, 3.8) is 0 Å². The molecule has 0 N–H and O–H groups in total. The number of aromatic nitrogens is 3. The minimum absolute atomic E-state index is 0.0287. The van der Waals surface area contributed by atoms with Crippen LogP contribution in [0.1, 0.15) is 40.5 Å². The van der Waals surface area contributed by atoms with Gasteiger partial charge < -0.3 is 9.32 Å². The summed E-state index contributed by atoms with van der Waals surface area (Å²) in [5, 5.41) is 4.43. The Morgan fingerprint density at radius 1 is 1.36 bits per heavy atom. The Hall–Kier alpha value is -2.89. The molecule has 0 aromatic carbocycles. The molecular weight excluding hydrogens is 316 g/mol. The number of rotatable bonds is 3. The van der Waals surface area contributed by atoms with Crippen molar-refractivity contribution in [3.05, 3.63) is 59.7 Å². The lowest BCUT2D eigenvalue weighted by Crippen LogP contribution is -2.30.